The summed E-state index contributed by atoms with van der Waals surface area (Å²) in [5.74, 6) is 0.0229. The fraction of sp³-hybridized carbons (Fsp3) is 0.350. The third-order valence-corrected chi connectivity index (χ3v) is 5.14. The van der Waals surface area contributed by atoms with Gasteiger partial charge in [-0.1, -0.05) is 24.3 Å². The van der Waals surface area contributed by atoms with E-state index in [1.165, 1.54) is 0 Å². The molecule has 6 nitrogen and oxygen atoms in total. The Labute approximate surface area is 151 Å². The van der Waals surface area contributed by atoms with Crippen molar-refractivity contribution >= 4 is 11.9 Å². The lowest BCUT2D eigenvalue weighted by Gasteiger charge is -2.30. The highest BCUT2D eigenvalue weighted by Crippen LogP contribution is 2.26. The second-order valence-corrected chi connectivity index (χ2v) is 6.89. The minimum atomic E-state index is -0.957. The van der Waals surface area contributed by atoms with Crippen LogP contribution in [0.1, 0.15) is 41.0 Å². The molecular formula is C20H21N3O3. The van der Waals surface area contributed by atoms with Crippen LogP contribution in [0.4, 0.5) is 0 Å². The van der Waals surface area contributed by atoms with Gasteiger partial charge in [0.15, 0.2) is 0 Å². The molecule has 1 aromatic carbocycles. The average Bonchev–Trinajstić information content (AvgIpc) is 3.11. The van der Waals surface area contributed by atoms with Crippen molar-refractivity contribution in [1.29, 1.82) is 0 Å². The van der Waals surface area contributed by atoms with Crippen LogP contribution < -0.4 is 0 Å². The zero-order valence-electron chi connectivity index (χ0n) is 14.4. The largest absolute Gasteiger partial charge is 0.478 e. The summed E-state index contributed by atoms with van der Waals surface area (Å²) in [6, 6.07) is 6.73. The summed E-state index contributed by atoms with van der Waals surface area (Å²) < 4.78 is 0. The summed E-state index contributed by atoms with van der Waals surface area (Å²) in [6.07, 6.45) is 7.70. The standard InChI is InChI=1S/C20H21N3O3/c24-19(13-5-2-1-3-6-13)23-10-9-16-17(12-23)22-18(21-16)14-7-4-8-15(11-14)20(25)26/h1-2,4,7-8,11,13H,3,5-6,9-10,12H2,(H,21,22)(H,25,26). The van der Waals surface area contributed by atoms with Crippen molar-refractivity contribution < 1.29 is 14.7 Å². The minimum absolute atomic E-state index is 0.0937. The van der Waals surface area contributed by atoms with Crippen LogP contribution in [-0.2, 0) is 17.8 Å². The van der Waals surface area contributed by atoms with Crippen LogP contribution in [0.5, 0.6) is 0 Å². The van der Waals surface area contributed by atoms with E-state index in [4.69, 9.17) is 5.11 Å². The molecule has 1 atom stereocenters. The maximum Gasteiger partial charge on any atom is 0.335 e. The number of allylic oxidation sites excluding steroid dienone is 2. The number of carbonyl (C=O) groups is 2. The predicted octanol–water partition coefficient (Wildman–Crippen LogP) is 3.02. The van der Waals surface area contributed by atoms with E-state index in [1.807, 2.05) is 11.0 Å². The number of aromatic nitrogens is 2. The van der Waals surface area contributed by atoms with Crippen molar-refractivity contribution in [2.75, 3.05) is 6.54 Å². The summed E-state index contributed by atoms with van der Waals surface area (Å²) in [5.41, 5.74) is 2.90. The van der Waals surface area contributed by atoms with Gasteiger partial charge < -0.3 is 15.0 Å². The molecule has 1 unspecified atom stereocenters. The van der Waals surface area contributed by atoms with Crippen molar-refractivity contribution in [1.82, 2.24) is 14.9 Å². The lowest BCUT2D eigenvalue weighted by Crippen LogP contribution is -2.40. The quantitative estimate of drug-likeness (QED) is 0.832. The van der Waals surface area contributed by atoms with Gasteiger partial charge in [0.1, 0.15) is 5.82 Å². The van der Waals surface area contributed by atoms with Crippen LogP contribution in [0.25, 0.3) is 11.4 Å². The van der Waals surface area contributed by atoms with Crippen molar-refractivity contribution in [3.8, 4) is 11.4 Å². The highest BCUT2D eigenvalue weighted by Gasteiger charge is 2.29. The Kier molecular flexibility index (Phi) is 4.32. The second kappa shape index (κ2) is 6.78. The molecule has 2 heterocycles. The molecule has 1 aliphatic carbocycles. The van der Waals surface area contributed by atoms with Crippen LogP contribution in [0, 0.1) is 5.92 Å². The van der Waals surface area contributed by atoms with Gasteiger partial charge in [-0.15, -0.1) is 0 Å². The lowest BCUT2D eigenvalue weighted by molar-refractivity contribution is -0.136. The van der Waals surface area contributed by atoms with Crippen molar-refractivity contribution in [2.24, 2.45) is 5.92 Å². The molecule has 0 saturated heterocycles. The zero-order valence-corrected chi connectivity index (χ0v) is 14.4. The third kappa shape index (κ3) is 3.14. The number of aromatic carboxylic acids is 1. The molecule has 4 rings (SSSR count). The maximum absolute atomic E-state index is 12.8. The molecule has 0 saturated carbocycles. The van der Waals surface area contributed by atoms with Crippen molar-refractivity contribution in [3.63, 3.8) is 0 Å². The molecule has 1 aromatic heterocycles. The van der Waals surface area contributed by atoms with Gasteiger partial charge >= 0.3 is 5.97 Å². The highest BCUT2D eigenvalue weighted by atomic mass is 16.4. The SMILES string of the molecule is O=C(O)c1cccc(-c2nc3c([nH]2)CN(C(=O)C2CC=CCC2)CC3)c1. The molecular weight excluding hydrogens is 330 g/mol. The fourth-order valence-corrected chi connectivity index (χ4v) is 3.69. The number of benzene rings is 1. The zero-order chi connectivity index (χ0) is 18.1. The number of carbonyl (C=O) groups excluding carboxylic acids is 1. The van der Waals surface area contributed by atoms with Gasteiger partial charge in [-0.3, -0.25) is 4.79 Å². The number of hydrogen-bond acceptors (Lipinski definition) is 3. The van der Waals surface area contributed by atoms with E-state index in [0.717, 1.165) is 42.6 Å². The Balaban J connectivity index is 1.54. The number of rotatable bonds is 3. The van der Waals surface area contributed by atoms with Crippen LogP contribution in [0.2, 0.25) is 0 Å². The number of nitrogens with one attached hydrogen (secondary N) is 1. The first-order chi connectivity index (χ1) is 12.6. The first kappa shape index (κ1) is 16.6. The van der Waals surface area contributed by atoms with Crippen molar-refractivity contribution in [3.05, 3.63) is 53.4 Å². The molecule has 2 N–H and O–H groups in total. The monoisotopic (exact) mass is 351 g/mol. The van der Waals surface area contributed by atoms with Gasteiger partial charge in [0.2, 0.25) is 5.91 Å². The lowest BCUT2D eigenvalue weighted by atomic mass is 9.92. The van der Waals surface area contributed by atoms with E-state index in [-0.39, 0.29) is 17.4 Å². The minimum Gasteiger partial charge on any atom is -0.478 e. The Morgan fingerprint density at radius 1 is 1.27 bits per heavy atom. The van der Waals surface area contributed by atoms with Gasteiger partial charge in [-0.2, -0.15) is 0 Å². The normalized spacial score (nSPS) is 19.2. The van der Waals surface area contributed by atoms with E-state index in [0.29, 0.717) is 18.9 Å². The van der Waals surface area contributed by atoms with Gasteiger partial charge in [-0.25, -0.2) is 9.78 Å². The smallest absolute Gasteiger partial charge is 0.335 e. The van der Waals surface area contributed by atoms with Gasteiger partial charge in [0.25, 0.3) is 0 Å². The number of carboxylic acid groups (broad SMARTS) is 1. The molecule has 134 valence electrons. The topological polar surface area (TPSA) is 86.3 Å². The summed E-state index contributed by atoms with van der Waals surface area (Å²) >= 11 is 0. The predicted molar refractivity (Wildman–Crippen MR) is 96.6 cm³/mol. The number of fused-ring (bicyclic) bond motifs is 1. The number of H-pyrrole nitrogens is 1. The number of amides is 1. The first-order valence-corrected chi connectivity index (χ1v) is 8.97. The third-order valence-electron chi connectivity index (χ3n) is 5.14. The Morgan fingerprint density at radius 3 is 2.92 bits per heavy atom. The molecule has 2 aromatic rings. The van der Waals surface area contributed by atoms with Crippen LogP contribution in [0.15, 0.2) is 36.4 Å². The Hall–Kier alpha value is -2.89. The van der Waals surface area contributed by atoms with Gasteiger partial charge in [0.05, 0.1) is 23.5 Å². The Morgan fingerprint density at radius 2 is 2.15 bits per heavy atom. The number of hydrogen-bond donors (Lipinski definition) is 2. The molecule has 0 spiro atoms. The number of imidazole rings is 1. The second-order valence-electron chi connectivity index (χ2n) is 6.89. The molecule has 1 amide bonds. The summed E-state index contributed by atoms with van der Waals surface area (Å²) in [7, 11) is 0. The summed E-state index contributed by atoms with van der Waals surface area (Å²) in [6.45, 7) is 1.23. The van der Waals surface area contributed by atoms with Crippen molar-refractivity contribution in [2.45, 2.75) is 32.2 Å². The van der Waals surface area contributed by atoms with E-state index in [2.05, 4.69) is 22.1 Å². The molecule has 6 heteroatoms. The molecule has 1 aliphatic heterocycles. The van der Waals surface area contributed by atoms with Gasteiger partial charge in [-0.05, 0) is 31.4 Å². The van der Waals surface area contributed by atoms with E-state index in [9.17, 15) is 9.59 Å². The van der Waals surface area contributed by atoms with Gasteiger partial charge in [0, 0.05) is 24.4 Å². The molecule has 0 bridgehead atoms. The maximum atomic E-state index is 12.8. The Bertz CT molecular complexity index is 884. The number of aromatic amines is 1. The number of carboxylic acids is 1. The van der Waals surface area contributed by atoms with Crippen LogP contribution in [-0.4, -0.2) is 38.4 Å². The first-order valence-electron chi connectivity index (χ1n) is 8.97. The average molecular weight is 351 g/mol. The van der Waals surface area contributed by atoms with Crippen LogP contribution >= 0.6 is 0 Å². The van der Waals surface area contributed by atoms with Crippen LogP contribution in [0.3, 0.4) is 0 Å². The van der Waals surface area contributed by atoms with E-state index >= 15 is 0 Å². The fourth-order valence-electron chi connectivity index (χ4n) is 3.69. The molecule has 2 aliphatic rings. The number of nitrogens with zero attached hydrogens (tertiary/aromatic N) is 2. The molecule has 0 radical (unpaired) electrons. The highest BCUT2D eigenvalue weighted by molar-refractivity contribution is 5.89. The van der Waals surface area contributed by atoms with E-state index < -0.39 is 5.97 Å². The van der Waals surface area contributed by atoms with E-state index in [1.54, 1.807) is 18.2 Å². The molecule has 0 fully saturated rings. The summed E-state index contributed by atoms with van der Waals surface area (Å²) in [4.78, 5) is 33.8. The molecule has 26 heavy (non-hydrogen) atoms. The summed E-state index contributed by atoms with van der Waals surface area (Å²) in [5, 5.41) is 9.16.